The summed E-state index contributed by atoms with van der Waals surface area (Å²) in [6, 6.07) is 11.1. The third-order valence-corrected chi connectivity index (χ3v) is 6.30. The molecule has 3 aromatic rings. The van der Waals surface area contributed by atoms with Gasteiger partial charge in [-0.3, -0.25) is 9.69 Å². The number of hydrogen-bond donors (Lipinski definition) is 1. The third kappa shape index (κ3) is 4.74. The van der Waals surface area contributed by atoms with Gasteiger partial charge in [0, 0.05) is 36.6 Å². The van der Waals surface area contributed by atoms with E-state index in [4.69, 9.17) is 14.0 Å². The molecule has 9 nitrogen and oxygen atoms in total. The minimum atomic E-state index is -0.241. The fraction of sp³-hybridized carbons (Fsp3) is 0.417. The maximum absolute atomic E-state index is 12.4. The lowest BCUT2D eigenvalue weighted by Crippen LogP contribution is -2.39. The van der Waals surface area contributed by atoms with E-state index in [1.54, 1.807) is 43.6 Å². The average Bonchev–Trinajstić information content (AvgIpc) is 3.55. The highest BCUT2D eigenvalue weighted by Crippen LogP contribution is 2.35. The number of likely N-dealkylation sites (tertiary alicyclic amines) is 1. The van der Waals surface area contributed by atoms with Gasteiger partial charge in [-0.1, -0.05) is 5.16 Å². The van der Waals surface area contributed by atoms with Gasteiger partial charge in [0.1, 0.15) is 11.6 Å². The van der Waals surface area contributed by atoms with E-state index in [0.717, 1.165) is 51.0 Å². The highest BCUT2D eigenvalue weighted by molar-refractivity contribution is 6.03. The van der Waals surface area contributed by atoms with Crippen molar-refractivity contribution in [2.45, 2.75) is 37.8 Å². The number of rotatable bonds is 6. The highest BCUT2D eigenvalue weighted by Gasteiger charge is 2.36. The molecule has 2 aliphatic heterocycles. The van der Waals surface area contributed by atoms with Crippen molar-refractivity contribution in [1.29, 1.82) is 0 Å². The number of aromatic nitrogens is 3. The van der Waals surface area contributed by atoms with Gasteiger partial charge in [-0.05, 0) is 68.6 Å². The second-order valence-electron chi connectivity index (χ2n) is 8.31. The highest BCUT2D eigenvalue weighted by atomic mass is 16.5. The molecular weight excluding hydrogens is 422 g/mol. The predicted octanol–water partition coefficient (Wildman–Crippen LogP) is 3.71. The van der Waals surface area contributed by atoms with Gasteiger partial charge in [0.15, 0.2) is 0 Å². The lowest BCUT2D eigenvalue weighted by molar-refractivity contribution is 0.0243. The molecule has 0 bridgehead atoms. The zero-order valence-corrected chi connectivity index (χ0v) is 18.6. The van der Waals surface area contributed by atoms with Gasteiger partial charge in [0.25, 0.3) is 5.91 Å². The Bertz CT molecular complexity index is 1080. The summed E-state index contributed by atoms with van der Waals surface area (Å²) >= 11 is 0. The van der Waals surface area contributed by atoms with Gasteiger partial charge >= 0.3 is 0 Å². The number of amides is 1. The van der Waals surface area contributed by atoms with Gasteiger partial charge in [0.05, 0.1) is 13.2 Å². The normalized spacial score (nSPS) is 19.5. The summed E-state index contributed by atoms with van der Waals surface area (Å²) in [4.78, 5) is 24.0. The first kappa shape index (κ1) is 21.5. The molecule has 0 saturated carbocycles. The minimum Gasteiger partial charge on any atom is -0.497 e. The molecule has 2 fully saturated rings. The fourth-order valence-electron chi connectivity index (χ4n) is 4.53. The van der Waals surface area contributed by atoms with Crippen LogP contribution in [0.3, 0.4) is 0 Å². The molecule has 172 valence electrons. The van der Waals surface area contributed by atoms with Crippen molar-refractivity contribution in [1.82, 2.24) is 20.0 Å². The topological polar surface area (TPSA) is 103 Å². The molecule has 33 heavy (non-hydrogen) atoms. The summed E-state index contributed by atoms with van der Waals surface area (Å²) in [5.41, 5.74) is 1.26. The second-order valence-corrected chi connectivity index (χ2v) is 8.31. The van der Waals surface area contributed by atoms with Crippen LogP contribution in [0, 0.1) is 0 Å². The number of anilines is 1. The van der Waals surface area contributed by atoms with E-state index in [1.807, 2.05) is 6.07 Å². The van der Waals surface area contributed by atoms with Crippen molar-refractivity contribution >= 4 is 11.7 Å². The molecule has 4 heterocycles. The molecule has 5 rings (SSSR count). The Morgan fingerprint density at radius 1 is 1.12 bits per heavy atom. The molecule has 2 saturated heterocycles. The molecule has 0 aliphatic carbocycles. The van der Waals surface area contributed by atoms with Gasteiger partial charge in [-0.2, -0.15) is 4.98 Å². The van der Waals surface area contributed by atoms with Crippen LogP contribution in [-0.2, 0) is 4.74 Å². The SMILES string of the molecule is COc1ccc(C(=O)Nc2ccc(-c3noc(C4CCCN4C4CCOCC4)n3)cn2)cc1. The predicted molar refractivity (Wildman–Crippen MR) is 121 cm³/mol. The number of nitrogens with one attached hydrogen (secondary N) is 1. The van der Waals surface area contributed by atoms with Crippen molar-refractivity contribution in [3.05, 3.63) is 54.0 Å². The average molecular weight is 450 g/mol. The molecule has 1 aromatic carbocycles. The number of pyridine rings is 1. The van der Waals surface area contributed by atoms with Crippen LogP contribution in [0.4, 0.5) is 5.82 Å². The smallest absolute Gasteiger partial charge is 0.256 e. The Morgan fingerprint density at radius 3 is 2.67 bits per heavy atom. The first-order valence-corrected chi connectivity index (χ1v) is 11.3. The summed E-state index contributed by atoms with van der Waals surface area (Å²) in [5.74, 6) is 2.07. The van der Waals surface area contributed by atoms with Crippen molar-refractivity contribution < 1.29 is 18.8 Å². The number of hydrogen-bond acceptors (Lipinski definition) is 8. The minimum absolute atomic E-state index is 0.158. The monoisotopic (exact) mass is 449 g/mol. The van der Waals surface area contributed by atoms with Crippen LogP contribution in [0.5, 0.6) is 5.75 Å². The number of nitrogens with zero attached hydrogens (tertiary/aromatic N) is 4. The summed E-state index contributed by atoms with van der Waals surface area (Å²) in [7, 11) is 1.59. The zero-order chi connectivity index (χ0) is 22.6. The summed E-state index contributed by atoms with van der Waals surface area (Å²) in [6.07, 6.45) is 5.89. The number of carbonyl (C=O) groups excluding carboxylic acids is 1. The maximum Gasteiger partial charge on any atom is 0.256 e. The second kappa shape index (κ2) is 9.68. The van der Waals surface area contributed by atoms with Crippen LogP contribution in [0.15, 0.2) is 47.1 Å². The van der Waals surface area contributed by atoms with E-state index < -0.39 is 0 Å². The third-order valence-electron chi connectivity index (χ3n) is 6.30. The molecule has 1 atom stereocenters. The Balaban J connectivity index is 1.24. The first-order chi connectivity index (χ1) is 16.2. The van der Waals surface area contributed by atoms with Crippen LogP contribution in [0.1, 0.15) is 48.0 Å². The van der Waals surface area contributed by atoms with Gasteiger partial charge < -0.3 is 19.3 Å². The summed E-state index contributed by atoms with van der Waals surface area (Å²) in [5, 5.41) is 6.98. The first-order valence-electron chi connectivity index (χ1n) is 11.3. The van der Waals surface area contributed by atoms with Crippen molar-refractivity contribution in [3.8, 4) is 17.1 Å². The van der Waals surface area contributed by atoms with E-state index in [-0.39, 0.29) is 11.9 Å². The molecule has 1 N–H and O–H groups in total. The standard InChI is InChI=1S/C24H27N5O4/c1-31-19-7-4-16(5-8-19)23(30)26-21-9-6-17(15-25-21)22-27-24(33-28-22)20-3-2-12-29(20)18-10-13-32-14-11-18/h4-9,15,18,20H,2-3,10-14H2,1H3,(H,25,26,30). The Kier molecular flexibility index (Phi) is 6.32. The van der Waals surface area contributed by atoms with E-state index in [9.17, 15) is 4.79 Å². The van der Waals surface area contributed by atoms with E-state index >= 15 is 0 Å². The Labute approximate surface area is 192 Å². The van der Waals surface area contributed by atoms with E-state index in [1.165, 1.54) is 0 Å². The van der Waals surface area contributed by atoms with Crippen LogP contribution in [0.2, 0.25) is 0 Å². The van der Waals surface area contributed by atoms with E-state index in [2.05, 4.69) is 25.3 Å². The lowest BCUT2D eigenvalue weighted by atomic mass is 10.1. The zero-order valence-electron chi connectivity index (χ0n) is 18.6. The lowest BCUT2D eigenvalue weighted by Gasteiger charge is -2.33. The Hall–Kier alpha value is -3.30. The summed E-state index contributed by atoms with van der Waals surface area (Å²) in [6.45, 7) is 2.68. The molecule has 2 aromatic heterocycles. The number of ether oxygens (including phenoxy) is 2. The number of benzene rings is 1. The van der Waals surface area contributed by atoms with Crippen LogP contribution in [-0.4, -0.2) is 58.8 Å². The number of methoxy groups -OCH3 is 1. The molecule has 0 radical (unpaired) electrons. The van der Waals surface area contributed by atoms with Crippen LogP contribution < -0.4 is 10.1 Å². The van der Waals surface area contributed by atoms with Crippen LogP contribution in [0.25, 0.3) is 11.4 Å². The molecule has 2 aliphatic rings. The van der Waals surface area contributed by atoms with E-state index in [0.29, 0.717) is 34.9 Å². The molecule has 0 spiro atoms. The van der Waals surface area contributed by atoms with Gasteiger partial charge in [0.2, 0.25) is 11.7 Å². The summed E-state index contributed by atoms with van der Waals surface area (Å²) < 4.78 is 16.3. The van der Waals surface area contributed by atoms with Crippen molar-refractivity contribution in [2.75, 3.05) is 32.2 Å². The number of carbonyl (C=O) groups is 1. The van der Waals surface area contributed by atoms with Crippen molar-refractivity contribution in [2.24, 2.45) is 0 Å². The molecular formula is C24H27N5O4. The molecule has 1 unspecified atom stereocenters. The van der Waals surface area contributed by atoms with Crippen molar-refractivity contribution in [3.63, 3.8) is 0 Å². The molecule has 9 heteroatoms. The quantitative estimate of drug-likeness (QED) is 0.608. The van der Waals surface area contributed by atoms with Gasteiger partial charge in [-0.25, -0.2) is 4.98 Å². The maximum atomic E-state index is 12.4. The van der Waals surface area contributed by atoms with Crippen LogP contribution >= 0.6 is 0 Å². The van der Waals surface area contributed by atoms with Gasteiger partial charge in [-0.15, -0.1) is 0 Å². The Morgan fingerprint density at radius 2 is 1.94 bits per heavy atom. The largest absolute Gasteiger partial charge is 0.497 e. The molecule has 1 amide bonds. The fourth-order valence-corrected chi connectivity index (χ4v) is 4.53.